The second kappa shape index (κ2) is 6.63. The lowest BCUT2D eigenvalue weighted by atomic mass is 10.3. The number of aromatic nitrogens is 1. The zero-order valence-corrected chi connectivity index (χ0v) is 12.1. The molecule has 1 aromatic carbocycles. The molecular formula is C14H18N2O2S. The summed E-state index contributed by atoms with van der Waals surface area (Å²) in [7, 11) is 3.47. The van der Waals surface area contributed by atoms with E-state index in [0.717, 1.165) is 30.0 Å². The van der Waals surface area contributed by atoms with Gasteiger partial charge in [-0.3, -0.25) is 9.69 Å². The summed E-state index contributed by atoms with van der Waals surface area (Å²) in [4.78, 5) is 17.8. The van der Waals surface area contributed by atoms with Gasteiger partial charge in [-0.25, -0.2) is 4.98 Å². The minimum absolute atomic E-state index is 0.145. The zero-order valence-electron chi connectivity index (χ0n) is 11.3. The van der Waals surface area contributed by atoms with Gasteiger partial charge in [-0.1, -0.05) is 12.1 Å². The van der Waals surface area contributed by atoms with E-state index in [2.05, 4.69) is 20.7 Å². The molecule has 102 valence electrons. The van der Waals surface area contributed by atoms with Crippen LogP contribution in [0.3, 0.4) is 0 Å². The van der Waals surface area contributed by atoms with Crippen LogP contribution in [0.25, 0.3) is 10.2 Å². The summed E-state index contributed by atoms with van der Waals surface area (Å²) < 4.78 is 5.85. The van der Waals surface area contributed by atoms with Crippen molar-refractivity contribution in [1.82, 2.24) is 9.88 Å². The van der Waals surface area contributed by atoms with E-state index >= 15 is 0 Å². The number of fused-ring (bicyclic) bond motifs is 1. The summed E-state index contributed by atoms with van der Waals surface area (Å²) in [5.41, 5.74) is 1.06. The first-order chi connectivity index (χ1) is 9.19. The number of para-hydroxylation sites is 1. The van der Waals surface area contributed by atoms with Gasteiger partial charge >= 0.3 is 5.97 Å². The quantitative estimate of drug-likeness (QED) is 0.762. The van der Waals surface area contributed by atoms with Gasteiger partial charge in [0.25, 0.3) is 0 Å². The van der Waals surface area contributed by atoms with Gasteiger partial charge < -0.3 is 4.74 Å². The number of benzene rings is 1. The lowest BCUT2D eigenvalue weighted by Gasteiger charge is -2.14. The van der Waals surface area contributed by atoms with Crippen molar-refractivity contribution in [2.24, 2.45) is 0 Å². The summed E-state index contributed by atoms with van der Waals surface area (Å²) in [5, 5.41) is 1.11. The van der Waals surface area contributed by atoms with Gasteiger partial charge in [0.1, 0.15) is 5.01 Å². The van der Waals surface area contributed by atoms with Gasteiger partial charge in [-0.15, -0.1) is 11.3 Å². The number of thiazole rings is 1. The lowest BCUT2D eigenvalue weighted by Crippen LogP contribution is -2.19. The number of carbonyl (C=O) groups is 1. The Kier molecular flexibility index (Phi) is 4.87. The van der Waals surface area contributed by atoms with Crippen LogP contribution in [0.5, 0.6) is 0 Å². The average Bonchev–Trinajstić information content (AvgIpc) is 2.80. The first kappa shape index (κ1) is 14.0. The number of ether oxygens (including phenoxy) is 1. The maximum Gasteiger partial charge on any atom is 0.305 e. The molecule has 0 aliphatic carbocycles. The van der Waals surface area contributed by atoms with Crippen molar-refractivity contribution in [1.29, 1.82) is 0 Å². The SMILES string of the molecule is COC(=O)CCCN(C)Cc1nc2ccccc2s1. The molecule has 2 aromatic rings. The van der Waals surface area contributed by atoms with Crippen LogP contribution < -0.4 is 0 Å². The fraction of sp³-hybridized carbons (Fsp3) is 0.429. The summed E-state index contributed by atoms with van der Waals surface area (Å²) in [6.45, 7) is 1.69. The number of hydrogen-bond acceptors (Lipinski definition) is 5. The minimum Gasteiger partial charge on any atom is -0.469 e. The number of hydrogen-bond donors (Lipinski definition) is 0. The maximum atomic E-state index is 11.0. The first-order valence-corrected chi connectivity index (χ1v) is 7.10. The van der Waals surface area contributed by atoms with Crippen molar-refractivity contribution >= 4 is 27.5 Å². The van der Waals surface area contributed by atoms with Crippen LogP contribution >= 0.6 is 11.3 Å². The highest BCUT2D eigenvalue weighted by atomic mass is 32.1. The van der Waals surface area contributed by atoms with E-state index in [0.29, 0.717) is 6.42 Å². The molecule has 0 spiro atoms. The van der Waals surface area contributed by atoms with Crippen molar-refractivity contribution in [2.45, 2.75) is 19.4 Å². The molecule has 0 bridgehead atoms. The van der Waals surface area contributed by atoms with E-state index in [1.165, 1.54) is 11.8 Å². The molecule has 4 nitrogen and oxygen atoms in total. The molecule has 5 heteroatoms. The Labute approximate surface area is 117 Å². The third-order valence-electron chi connectivity index (χ3n) is 2.89. The largest absolute Gasteiger partial charge is 0.469 e. The van der Waals surface area contributed by atoms with Gasteiger partial charge in [0.15, 0.2) is 0 Å². The molecule has 0 aliphatic heterocycles. The molecule has 2 rings (SSSR count). The standard InChI is InChI=1S/C14H18N2O2S/c1-16(9-5-8-14(17)18-2)10-13-15-11-6-3-4-7-12(11)19-13/h3-4,6-7H,5,8-10H2,1-2H3. The van der Waals surface area contributed by atoms with Crippen molar-refractivity contribution in [3.05, 3.63) is 29.3 Å². The lowest BCUT2D eigenvalue weighted by molar-refractivity contribution is -0.140. The molecule has 0 amide bonds. The predicted octanol–water partition coefficient (Wildman–Crippen LogP) is 2.68. The number of nitrogens with zero attached hydrogens (tertiary/aromatic N) is 2. The van der Waals surface area contributed by atoms with Gasteiger partial charge in [0.2, 0.25) is 0 Å². The fourth-order valence-electron chi connectivity index (χ4n) is 1.89. The molecule has 1 aromatic heterocycles. The average molecular weight is 278 g/mol. The Hall–Kier alpha value is -1.46. The highest BCUT2D eigenvalue weighted by molar-refractivity contribution is 7.18. The van der Waals surface area contributed by atoms with Crippen molar-refractivity contribution < 1.29 is 9.53 Å². The number of methoxy groups -OCH3 is 1. The fourth-order valence-corrected chi connectivity index (χ4v) is 2.94. The molecule has 0 saturated heterocycles. The molecular weight excluding hydrogens is 260 g/mol. The summed E-state index contributed by atoms with van der Waals surface area (Å²) in [6, 6.07) is 8.16. The molecule has 0 saturated carbocycles. The topological polar surface area (TPSA) is 42.4 Å². The smallest absolute Gasteiger partial charge is 0.305 e. The molecule has 0 atom stereocenters. The van der Waals surface area contributed by atoms with E-state index < -0.39 is 0 Å². The van der Waals surface area contributed by atoms with Gasteiger partial charge in [0.05, 0.1) is 23.9 Å². The van der Waals surface area contributed by atoms with Crippen LogP contribution in [-0.2, 0) is 16.1 Å². The third-order valence-corrected chi connectivity index (χ3v) is 3.91. The molecule has 0 fully saturated rings. The Morgan fingerprint density at radius 1 is 1.42 bits per heavy atom. The summed E-state index contributed by atoms with van der Waals surface area (Å²) >= 11 is 1.73. The normalized spacial score (nSPS) is 11.1. The molecule has 0 radical (unpaired) electrons. The van der Waals surface area contributed by atoms with Gasteiger partial charge in [-0.05, 0) is 32.1 Å². The number of esters is 1. The molecule has 19 heavy (non-hydrogen) atoms. The van der Waals surface area contributed by atoms with E-state index in [9.17, 15) is 4.79 Å². The second-order valence-electron chi connectivity index (χ2n) is 4.49. The van der Waals surface area contributed by atoms with Crippen LogP contribution in [0.1, 0.15) is 17.8 Å². The summed E-state index contributed by atoms with van der Waals surface area (Å²) in [6.07, 6.45) is 1.29. The van der Waals surface area contributed by atoms with Crippen molar-refractivity contribution in [2.75, 3.05) is 20.7 Å². The Balaban J connectivity index is 1.84. The van der Waals surface area contributed by atoms with Crippen LogP contribution in [-0.4, -0.2) is 36.6 Å². The molecule has 0 aliphatic rings. The highest BCUT2D eigenvalue weighted by Crippen LogP contribution is 2.22. The minimum atomic E-state index is -0.145. The number of carbonyl (C=O) groups excluding carboxylic acids is 1. The highest BCUT2D eigenvalue weighted by Gasteiger charge is 2.07. The van der Waals surface area contributed by atoms with E-state index in [4.69, 9.17) is 0 Å². The number of rotatable bonds is 6. The van der Waals surface area contributed by atoms with Crippen LogP contribution in [0.4, 0.5) is 0 Å². The first-order valence-electron chi connectivity index (χ1n) is 6.29. The molecule has 0 unspecified atom stereocenters. The van der Waals surface area contributed by atoms with E-state index in [1.807, 2.05) is 25.2 Å². The Morgan fingerprint density at radius 3 is 2.95 bits per heavy atom. The third kappa shape index (κ3) is 4.01. The van der Waals surface area contributed by atoms with Crippen LogP contribution in [0.2, 0.25) is 0 Å². The van der Waals surface area contributed by atoms with Crippen molar-refractivity contribution in [3.63, 3.8) is 0 Å². The molecule has 1 heterocycles. The predicted molar refractivity (Wildman–Crippen MR) is 77.2 cm³/mol. The van der Waals surface area contributed by atoms with Crippen molar-refractivity contribution in [3.8, 4) is 0 Å². The van der Waals surface area contributed by atoms with Gasteiger partial charge in [-0.2, -0.15) is 0 Å². The van der Waals surface area contributed by atoms with E-state index in [-0.39, 0.29) is 5.97 Å². The van der Waals surface area contributed by atoms with Gasteiger partial charge in [0, 0.05) is 6.42 Å². The Morgan fingerprint density at radius 2 is 2.21 bits per heavy atom. The van der Waals surface area contributed by atoms with E-state index in [1.54, 1.807) is 11.3 Å². The second-order valence-corrected chi connectivity index (χ2v) is 5.61. The maximum absolute atomic E-state index is 11.0. The zero-order chi connectivity index (χ0) is 13.7. The molecule has 0 N–H and O–H groups in total. The summed E-state index contributed by atoms with van der Waals surface area (Å²) in [5.74, 6) is -0.145. The monoisotopic (exact) mass is 278 g/mol. The van der Waals surface area contributed by atoms with Crippen LogP contribution in [0.15, 0.2) is 24.3 Å². The van der Waals surface area contributed by atoms with Crippen LogP contribution in [0, 0.1) is 0 Å². The Bertz CT molecular complexity index is 520.